The lowest BCUT2D eigenvalue weighted by molar-refractivity contribution is 0.0674. The van der Waals surface area contributed by atoms with Crippen LogP contribution in [0.15, 0.2) is 85.8 Å². The van der Waals surface area contributed by atoms with Gasteiger partial charge < -0.3 is 34.3 Å². The third kappa shape index (κ3) is 11.4. The van der Waals surface area contributed by atoms with Crippen molar-refractivity contribution in [3.05, 3.63) is 113 Å². The number of carbonyl (C=O) groups is 4. The van der Waals surface area contributed by atoms with E-state index in [2.05, 4.69) is 30.6 Å². The van der Waals surface area contributed by atoms with Crippen LogP contribution < -0.4 is 20.1 Å². The van der Waals surface area contributed by atoms with Crippen molar-refractivity contribution in [2.45, 2.75) is 71.1 Å². The Bertz CT molecular complexity index is 2510. The second kappa shape index (κ2) is 21.3. The van der Waals surface area contributed by atoms with E-state index in [1.54, 1.807) is 55.4 Å². The first-order valence-electron chi connectivity index (χ1n) is 22.4. The fraction of sp³-hybridized carbons (Fsp3) is 0.417. The lowest BCUT2D eigenvalue weighted by Crippen LogP contribution is -2.39. The zero-order valence-electron chi connectivity index (χ0n) is 36.2. The highest BCUT2D eigenvalue weighted by molar-refractivity contribution is 7.20. The molecule has 16 heteroatoms. The predicted molar refractivity (Wildman–Crippen MR) is 244 cm³/mol. The van der Waals surface area contributed by atoms with E-state index in [0.29, 0.717) is 53.2 Å². The zero-order chi connectivity index (χ0) is 44.3. The first-order chi connectivity index (χ1) is 31.3. The number of fused-ring (bicyclic) bond motifs is 3. The second-order valence-electron chi connectivity index (χ2n) is 16.7. The van der Waals surface area contributed by atoms with Crippen LogP contribution in [0.5, 0.6) is 11.5 Å². The Morgan fingerprint density at radius 2 is 1.39 bits per heavy atom. The molecule has 0 bridgehead atoms. The summed E-state index contributed by atoms with van der Waals surface area (Å²) in [5.41, 5.74) is 3.36. The molecule has 2 fully saturated rings. The largest absolute Gasteiger partial charge is 0.454 e. The van der Waals surface area contributed by atoms with Crippen LogP contribution >= 0.6 is 11.3 Å². The summed E-state index contributed by atoms with van der Waals surface area (Å²) in [6.07, 6.45) is 22.5. The van der Waals surface area contributed by atoms with E-state index in [9.17, 15) is 19.2 Å². The van der Waals surface area contributed by atoms with Gasteiger partial charge in [0.25, 0.3) is 23.6 Å². The first kappa shape index (κ1) is 44.2. The number of imidazole rings is 1. The number of hydrogen-bond acceptors (Lipinski definition) is 11. The Labute approximate surface area is 376 Å². The Hall–Kier alpha value is -6.42. The lowest BCUT2D eigenvalue weighted by Gasteiger charge is -2.32. The lowest BCUT2D eigenvalue weighted by atomic mass is 9.91. The van der Waals surface area contributed by atoms with Gasteiger partial charge in [0, 0.05) is 82.0 Å². The van der Waals surface area contributed by atoms with Gasteiger partial charge in [-0.1, -0.05) is 25.7 Å². The van der Waals surface area contributed by atoms with Crippen LogP contribution in [0.2, 0.25) is 0 Å². The van der Waals surface area contributed by atoms with Crippen molar-refractivity contribution >= 4 is 50.7 Å². The summed E-state index contributed by atoms with van der Waals surface area (Å²) < 4.78 is 13.6. The number of thiophene rings is 1. The smallest absolute Gasteiger partial charge is 0.274 e. The van der Waals surface area contributed by atoms with Crippen LogP contribution in [-0.4, -0.2) is 104 Å². The number of nitrogens with one attached hydrogen (secondary N) is 2. The number of nitrogens with zero attached hydrogens (tertiary/aromatic N) is 7. The van der Waals surface area contributed by atoms with Crippen molar-refractivity contribution in [1.82, 2.24) is 44.8 Å². The molecule has 1 aromatic carbocycles. The molecule has 334 valence electrons. The fourth-order valence-electron chi connectivity index (χ4n) is 8.49. The number of benzene rings is 1. The second-order valence-corrected chi connectivity index (χ2v) is 17.8. The molecule has 9 rings (SSSR count). The van der Waals surface area contributed by atoms with Crippen molar-refractivity contribution in [3.8, 4) is 11.5 Å². The molecule has 0 atom stereocenters. The minimum atomic E-state index is -0.0547. The van der Waals surface area contributed by atoms with Gasteiger partial charge in [0.15, 0.2) is 11.5 Å². The third-order valence-electron chi connectivity index (χ3n) is 12.3. The summed E-state index contributed by atoms with van der Waals surface area (Å²) in [5, 5.41) is 7.09. The van der Waals surface area contributed by atoms with Crippen LogP contribution in [0.25, 0.3) is 15.7 Å². The number of ether oxygens (including phenoxy) is 2. The average Bonchev–Trinajstić information content (AvgIpc) is 4.12. The first-order valence-corrected chi connectivity index (χ1v) is 23.2. The quantitative estimate of drug-likeness (QED) is 0.105. The molecule has 3 aliphatic heterocycles. The van der Waals surface area contributed by atoms with Crippen LogP contribution in [0.4, 0.5) is 0 Å². The number of piperidine rings is 2. The van der Waals surface area contributed by atoms with E-state index in [1.165, 1.54) is 11.3 Å². The summed E-state index contributed by atoms with van der Waals surface area (Å²) in [5.74, 6) is 2.58. The van der Waals surface area contributed by atoms with Crippen molar-refractivity contribution in [1.29, 1.82) is 0 Å². The monoisotopic (exact) mass is 885 g/mol. The fourth-order valence-corrected chi connectivity index (χ4v) is 9.43. The van der Waals surface area contributed by atoms with E-state index in [4.69, 9.17) is 9.47 Å². The molecular weight excluding hydrogens is 831 g/mol. The van der Waals surface area contributed by atoms with Gasteiger partial charge in [-0.3, -0.25) is 29.1 Å². The molecule has 2 N–H and O–H groups in total. The number of pyridine rings is 2. The third-order valence-corrected chi connectivity index (χ3v) is 13.4. The molecule has 15 nitrogen and oxygen atoms in total. The number of carbonyl (C=O) groups excluding carboxylic acids is 4. The molecule has 0 radical (unpaired) electrons. The Kier molecular flexibility index (Phi) is 14.7. The molecule has 5 aromatic heterocycles. The molecule has 2 saturated heterocycles. The van der Waals surface area contributed by atoms with Gasteiger partial charge in [-0.2, -0.15) is 0 Å². The predicted octanol–water partition coefficient (Wildman–Crippen LogP) is 7.36. The molecule has 8 heterocycles. The molecule has 0 saturated carbocycles. The topological polar surface area (TPSA) is 173 Å². The zero-order valence-corrected chi connectivity index (χ0v) is 37.1. The number of hydrogen-bond donors (Lipinski definition) is 2. The Morgan fingerprint density at radius 1 is 0.703 bits per heavy atom. The maximum atomic E-state index is 12.8. The van der Waals surface area contributed by atoms with Crippen LogP contribution in [0, 0.1) is 18.8 Å². The van der Waals surface area contributed by atoms with E-state index >= 15 is 0 Å². The Morgan fingerprint density at radius 3 is 2.09 bits per heavy atom. The molecule has 0 spiro atoms. The molecule has 64 heavy (non-hydrogen) atoms. The van der Waals surface area contributed by atoms with Crippen molar-refractivity contribution in [2.75, 3.05) is 46.1 Å². The van der Waals surface area contributed by atoms with Gasteiger partial charge in [0.05, 0.1) is 27.0 Å². The minimum Gasteiger partial charge on any atom is -0.454 e. The standard InChI is InChI=1S/C25H28N4O4.C23H27N5O2S/c30-24(20-5-7-23-26-11-14-29(23)16-20)27-10-2-1-3-18-8-12-28(13-9-18)25(31)19-4-6-21-22(15-19)33-17-32-21;1-16-13-27-19(14-26-16)23(30)28-10-6-17(7-11-28)4-2-3-8-25-22(29)20-12-18-5-9-24-15-21(18)31-20/h4-7,11,14-16,18H,1-3,8-10,12-13,17H2,(H,27,30);5,9,12-15,17H,2-4,6-8,10-11H2,1H3,(H,25,29). The van der Waals surface area contributed by atoms with E-state index in [-0.39, 0.29) is 30.4 Å². The molecule has 0 unspecified atom stereocenters. The normalized spacial score (nSPS) is 15.2. The number of amides is 4. The number of unbranched alkanes of at least 4 members (excludes halogenated alkanes) is 2. The number of aryl methyl sites for hydroxylation is 1. The number of rotatable bonds is 14. The summed E-state index contributed by atoms with van der Waals surface area (Å²) in [7, 11) is 0. The summed E-state index contributed by atoms with van der Waals surface area (Å²) in [6, 6.07) is 12.9. The average molecular weight is 886 g/mol. The van der Waals surface area contributed by atoms with Crippen LogP contribution in [0.1, 0.15) is 111 Å². The minimum absolute atomic E-state index is 0.00720. The summed E-state index contributed by atoms with van der Waals surface area (Å²) >= 11 is 1.48. The van der Waals surface area contributed by atoms with Gasteiger partial charge in [0.1, 0.15) is 11.3 Å². The van der Waals surface area contributed by atoms with Gasteiger partial charge in [-0.05, 0) is 105 Å². The molecule has 0 aliphatic carbocycles. The maximum absolute atomic E-state index is 12.8. The van der Waals surface area contributed by atoms with Gasteiger partial charge in [0.2, 0.25) is 6.79 Å². The maximum Gasteiger partial charge on any atom is 0.274 e. The molecule has 4 amide bonds. The van der Waals surface area contributed by atoms with Crippen LogP contribution in [-0.2, 0) is 0 Å². The van der Waals surface area contributed by atoms with Gasteiger partial charge >= 0.3 is 0 Å². The van der Waals surface area contributed by atoms with Crippen molar-refractivity contribution < 1.29 is 28.7 Å². The number of likely N-dealkylation sites (tertiary alicyclic amines) is 2. The van der Waals surface area contributed by atoms with E-state index < -0.39 is 0 Å². The van der Waals surface area contributed by atoms with Crippen molar-refractivity contribution in [3.63, 3.8) is 0 Å². The van der Waals surface area contributed by atoms with Gasteiger partial charge in [-0.25, -0.2) is 9.97 Å². The van der Waals surface area contributed by atoms with Gasteiger partial charge in [-0.15, -0.1) is 11.3 Å². The van der Waals surface area contributed by atoms with Crippen molar-refractivity contribution in [2.24, 2.45) is 11.8 Å². The molecule has 6 aromatic rings. The summed E-state index contributed by atoms with van der Waals surface area (Å²) in [4.78, 5) is 71.3. The highest BCUT2D eigenvalue weighted by Crippen LogP contribution is 2.33. The summed E-state index contributed by atoms with van der Waals surface area (Å²) in [6.45, 7) is 6.55. The number of aromatic nitrogens is 5. The Balaban J connectivity index is 0.000000175. The van der Waals surface area contributed by atoms with E-state index in [0.717, 1.165) is 117 Å². The van der Waals surface area contributed by atoms with Crippen LogP contribution in [0.3, 0.4) is 0 Å². The van der Waals surface area contributed by atoms with E-state index in [1.807, 2.05) is 51.6 Å². The SMILES string of the molecule is Cc1cnc(C(=O)N2CCC(CCCCNC(=O)c3cc4ccncc4s3)CC2)cn1.O=C(NCCCCC1CCN(C(=O)c2ccc3c(c2)OCO3)CC1)c1ccc2nccn2c1. The highest BCUT2D eigenvalue weighted by Gasteiger charge is 2.26. The molecular formula is C48H55N9O6S. The highest BCUT2D eigenvalue weighted by atomic mass is 32.1. The molecule has 3 aliphatic rings.